The summed E-state index contributed by atoms with van der Waals surface area (Å²) in [7, 11) is 1.78. The predicted molar refractivity (Wildman–Crippen MR) is 158 cm³/mol. The highest BCUT2D eigenvalue weighted by Gasteiger charge is 2.52. The molecule has 0 bridgehead atoms. The number of methoxy groups -OCH3 is 1. The number of hydrogen-bond acceptors (Lipinski definition) is 5. The first-order valence-electron chi connectivity index (χ1n) is 16.0. The van der Waals surface area contributed by atoms with E-state index in [4.69, 9.17) is 26.1 Å². The molecule has 3 aliphatic carbocycles. The standard InChI is InChI=1S/C31H51ClN4O4/c1-19(2)40-26-17-24(39-4)12-13-25(26)30-34-28(21-8-10-23(32)11-9-21)29(22-7-5-6-20(3)16-22)36(30)31(38)35-15-14-33-27(37)18-35/h19-26,28-29H,5-18H2,1-4H3,(H,33,37). The fraction of sp³-hybridized carbons (Fsp3) is 0.903. The summed E-state index contributed by atoms with van der Waals surface area (Å²) in [6.07, 6.45) is 11.7. The number of ether oxygens (including phenoxy) is 2. The number of amidine groups is 1. The molecule has 226 valence electrons. The molecule has 0 aromatic heterocycles. The van der Waals surface area contributed by atoms with Gasteiger partial charge in [-0.25, -0.2) is 4.79 Å². The van der Waals surface area contributed by atoms with Crippen LogP contribution in [0.25, 0.3) is 0 Å². The Morgan fingerprint density at radius 3 is 2.50 bits per heavy atom. The SMILES string of the molecule is COC1CCC(C2=NC(C3CCC(Cl)CC3)C(C3CCCC(C)C3)N2C(=O)N2CCNC(=O)C2)C(OC(C)C)C1. The molecular formula is C31H51ClN4O4. The van der Waals surface area contributed by atoms with Gasteiger partial charge in [-0.05, 0) is 83.0 Å². The van der Waals surface area contributed by atoms with E-state index < -0.39 is 0 Å². The van der Waals surface area contributed by atoms with Gasteiger partial charge in [-0.15, -0.1) is 11.6 Å². The van der Waals surface area contributed by atoms with Gasteiger partial charge < -0.3 is 19.7 Å². The minimum Gasteiger partial charge on any atom is -0.381 e. The molecule has 1 saturated heterocycles. The summed E-state index contributed by atoms with van der Waals surface area (Å²) >= 11 is 6.56. The normalized spacial score (nSPS) is 39.3. The van der Waals surface area contributed by atoms with E-state index in [0.717, 1.165) is 63.6 Å². The molecule has 7 unspecified atom stereocenters. The van der Waals surface area contributed by atoms with Crippen molar-refractivity contribution in [3.05, 3.63) is 0 Å². The molecule has 3 saturated carbocycles. The second-order valence-corrected chi connectivity index (χ2v) is 14.1. The molecular weight excluding hydrogens is 528 g/mol. The highest BCUT2D eigenvalue weighted by Crippen LogP contribution is 2.45. The van der Waals surface area contributed by atoms with E-state index in [1.165, 1.54) is 12.8 Å². The van der Waals surface area contributed by atoms with E-state index in [1.807, 2.05) is 0 Å². The quantitative estimate of drug-likeness (QED) is 0.438. The maximum absolute atomic E-state index is 14.6. The largest absolute Gasteiger partial charge is 0.381 e. The van der Waals surface area contributed by atoms with Gasteiger partial charge in [0, 0.05) is 37.9 Å². The van der Waals surface area contributed by atoms with Crippen LogP contribution >= 0.6 is 11.6 Å². The number of piperazine rings is 1. The number of nitrogens with one attached hydrogen (secondary N) is 1. The Hall–Kier alpha value is -1.38. The summed E-state index contributed by atoms with van der Waals surface area (Å²) in [4.78, 5) is 36.4. The molecule has 4 fully saturated rings. The van der Waals surface area contributed by atoms with E-state index in [2.05, 4.69) is 31.0 Å². The number of alkyl halides is 1. The van der Waals surface area contributed by atoms with Crippen molar-refractivity contribution in [2.75, 3.05) is 26.7 Å². The van der Waals surface area contributed by atoms with Gasteiger partial charge in [-0.3, -0.25) is 14.7 Å². The molecule has 7 atom stereocenters. The number of carbonyl (C=O) groups excluding carboxylic acids is 2. The maximum Gasteiger partial charge on any atom is 0.326 e. The van der Waals surface area contributed by atoms with Crippen molar-refractivity contribution in [1.82, 2.24) is 15.1 Å². The summed E-state index contributed by atoms with van der Waals surface area (Å²) < 4.78 is 12.3. The lowest BCUT2D eigenvalue weighted by molar-refractivity contribution is -0.123. The fourth-order valence-corrected chi connectivity index (χ4v) is 8.49. The second-order valence-electron chi connectivity index (χ2n) is 13.4. The topological polar surface area (TPSA) is 83.5 Å². The van der Waals surface area contributed by atoms with Crippen molar-refractivity contribution in [3.8, 4) is 0 Å². The summed E-state index contributed by atoms with van der Waals surface area (Å²) in [5.41, 5.74) is 0. The monoisotopic (exact) mass is 578 g/mol. The molecule has 2 heterocycles. The third-order valence-corrected chi connectivity index (χ3v) is 10.6. The fourth-order valence-electron chi connectivity index (χ4n) is 8.24. The van der Waals surface area contributed by atoms with Gasteiger partial charge in [0.1, 0.15) is 12.4 Å². The molecule has 1 N–H and O–H groups in total. The Morgan fingerprint density at radius 2 is 1.82 bits per heavy atom. The molecule has 5 aliphatic rings. The third-order valence-electron chi connectivity index (χ3n) is 10.2. The van der Waals surface area contributed by atoms with Gasteiger partial charge in [0.05, 0.1) is 30.4 Å². The van der Waals surface area contributed by atoms with Crippen LogP contribution in [0, 0.1) is 23.7 Å². The van der Waals surface area contributed by atoms with Gasteiger partial charge in [-0.1, -0.05) is 19.8 Å². The number of aliphatic imine (C=N–C) groups is 1. The van der Waals surface area contributed by atoms with Gasteiger partial charge >= 0.3 is 6.03 Å². The first-order chi connectivity index (χ1) is 19.2. The van der Waals surface area contributed by atoms with E-state index in [-0.39, 0.29) is 60.2 Å². The average molecular weight is 579 g/mol. The van der Waals surface area contributed by atoms with E-state index in [1.54, 1.807) is 12.0 Å². The zero-order valence-electron chi connectivity index (χ0n) is 25.0. The number of carbonyl (C=O) groups is 2. The van der Waals surface area contributed by atoms with Crippen LogP contribution in [0.4, 0.5) is 4.79 Å². The lowest BCUT2D eigenvalue weighted by atomic mass is 9.72. The van der Waals surface area contributed by atoms with E-state index >= 15 is 0 Å². The number of nitrogens with zero attached hydrogens (tertiary/aromatic N) is 3. The van der Waals surface area contributed by atoms with Crippen molar-refractivity contribution >= 4 is 29.4 Å². The minimum atomic E-state index is -0.0845. The number of urea groups is 1. The molecule has 0 radical (unpaired) electrons. The lowest BCUT2D eigenvalue weighted by Crippen LogP contribution is -2.60. The Morgan fingerprint density at radius 1 is 1.05 bits per heavy atom. The molecule has 0 aromatic rings. The minimum absolute atomic E-state index is 0.0342. The van der Waals surface area contributed by atoms with Crippen LogP contribution < -0.4 is 5.32 Å². The summed E-state index contributed by atoms with van der Waals surface area (Å²) in [6, 6.07) is 0.0753. The van der Waals surface area contributed by atoms with Gasteiger partial charge in [0.15, 0.2) is 0 Å². The summed E-state index contributed by atoms with van der Waals surface area (Å²) in [5.74, 6) is 2.35. The molecule has 2 aliphatic heterocycles. The maximum atomic E-state index is 14.6. The summed E-state index contributed by atoms with van der Waals surface area (Å²) in [5, 5.41) is 3.13. The third kappa shape index (κ3) is 6.64. The van der Waals surface area contributed by atoms with Crippen LogP contribution in [0.1, 0.15) is 91.4 Å². The van der Waals surface area contributed by atoms with Crippen molar-refractivity contribution in [1.29, 1.82) is 0 Å². The van der Waals surface area contributed by atoms with Crippen LogP contribution in [-0.4, -0.2) is 90.1 Å². The van der Waals surface area contributed by atoms with Gasteiger partial charge in [0.25, 0.3) is 0 Å². The Bertz CT molecular complexity index is 923. The molecule has 0 spiro atoms. The average Bonchev–Trinajstić information content (AvgIpc) is 3.33. The Labute approximate surface area is 245 Å². The number of hydrogen-bond donors (Lipinski definition) is 1. The van der Waals surface area contributed by atoms with Crippen molar-refractivity contribution < 1.29 is 19.1 Å². The number of amides is 3. The second kappa shape index (κ2) is 13.3. The highest BCUT2D eigenvalue weighted by molar-refractivity contribution is 6.20. The Kier molecular flexibility index (Phi) is 9.99. The molecule has 5 rings (SSSR count). The lowest BCUT2D eigenvalue weighted by Gasteiger charge is -2.44. The molecule has 40 heavy (non-hydrogen) atoms. The highest BCUT2D eigenvalue weighted by atomic mass is 35.5. The molecule has 3 amide bonds. The van der Waals surface area contributed by atoms with Crippen molar-refractivity contribution in [2.45, 2.75) is 127 Å². The molecule has 9 heteroatoms. The van der Waals surface area contributed by atoms with Crippen molar-refractivity contribution in [2.24, 2.45) is 28.7 Å². The number of halogens is 1. The van der Waals surface area contributed by atoms with Crippen LogP contribution in [0.15, 0.2) is 4.99 Å². The Balaban J connectivity index is 1.54. The van der Waals surface area contributed by atoms with E-state index in [9.17, 15) is 9.59 Å². The zero-order valence-corrected chi connectivity index (χ0v) is 25.8. The smallest absolute Gasteiger partial charge is 0.326 e. The van der Waals surface area contributed by atoms with Gasteiger partial charge in [0.2, 0.25) is 5.91 Å². The first-order valence-corrected chi connectivity index (χ1v) is 16.4. The first kappa shape index (κ1) is 30.1. The van der Waals surface area contributed by atoms with Crippen molar-refractivity contribution in [3.63, 3.8) is 0 Å². The summed E-state index contributed by atoms with van der Waals surface area (Å²) in [6.45, 7) is 7.67. The van der Waals surface area contributed by atoms with Crippen LogP contribution in [0.5, 0.6) is 0 Å². The van der Waals surface area contributed by atoms with Gasteiger partial charge in [-0.2, -0.15) is 0 Å². The number of rotatable bonds is 6. The van der Waals surface area contributed by atoms with E-state index in [0.29, 0.717) is 30.8 Å². The zero-order chi connectivity index (χ0) is 28.4. The van der Waals surface area contributed by atoms with Crippen LogP contribution in [-0.2, 0) is 14.3 Å². The molecule has 8 nitrogen and oxygen atoms in total. The molecule has 0 aromatic carbocycles. The van der Waals surface area contributed by atoms with Crippen LogP contribution in [0.2, 0.25) is 0 Å². The van der Waals surface area contributed by atoms with Crippen LogP contribution in [0.3, 0.4) is 0 Å². The predicted octanol–water partition coefficient (Wildman–Crippen LogP) is 5.22.